The Morgan fingerprint density at radius 3 is 2.28 bits per heavy atom. The molecule has 2 N–H and O–H groups in total. The average molecular weight is 575 g/mol. The Morgan fingerprint density at radius 1 is 1.00 bits per heavy atom. The summed E-state index contributed by atoms with van der Waals surface area (Å²) in [5.41, 5.74) is 1.31. The van der Waals surface area contributed by atoms with E-state index in [9.17, 15) is 12.8 Å². The molecule has 1 heterocycles. The molecule has 1 aliphatic heterocycles. The van der Waals surface area contributed by atoms with E-state index in [1.165, 1.54) is 6.07 Å². The number of hydrogen-bond donors (Lipinski definition) is 2. The second-order valence-electron chi connectivity index (χ2n) is 7.51. The molecule has 2 aromatic carbocycles. The number of hydrogen-bond acceptors (Lipinski definition) is 4. The molecular formula is C22H31FIN5O2S. The van der Waals surface area contributed by atoms with Gasteiger partial charge >= 0.3 is 0 Å². The van der Waals surface area contributed by atoms with Crippen molar-refractivity contribution in [2.45, 2.75) is 17.9 Å². The number of likely N-dealkylation sites (N-methyl/N-ethyl adjacent to an activating group) is 1. The summed E-state index contributed by atoms with van der Waals surface area (Å²) in [6.07, 6.45) is 0.516. The predicted octanol–water partition coefficient (Wildman–Crippen LogP) is 2.29. The van der Waals surface area contributed by atoms with Gasteiger partial charge in [0.2, 0.25) is 10.0 Å². The van der Waals surface area contributed by atoms with Crippen LogP contribution in [0.25, 0.3) is 0 Å². The van der Waals surface area contributed by atoms with E-state index in [1.807, 2.05) is 25.2 Å². The van der Waals surface area contributed by atoms with Gasteiger partial charge in [-0.05, 0) is 36.7 Å². The molecule has 1 saturated heterocycles. The summed E-state index contributed by atoms with van der Waals surface area (Å²) in [6.45, 7) is 3.22. The predicted molar refractivity (Wildman–Crippen MR) is 136 cm³/mol. The molecule has 0 amide bonds. The van der Waals surface area contributed by atoms with Crippen LogP contribution in [0.15, 0.2) is 58.4 Å². The lowest BCUT2D eigenvalue weighted by atomic mass is 10.1. The monoisotopic (exact) mass is 575 g/mol. The van der Waals surface area contributed by atoms with Gasteiger partial charge in [0.05, 0.1) is 4.90 Å². The first-order valence-corrected chi connectivity index (χ1v) is 11.8. The van der Waals surface area contributed by atoms with E-state index in [0.717, 1.165) is 13.1 Å². The fourth-order valence-electron chi connectivity index (χ4n) is 3.49. The molecule has 7 nitrogen and oxygen atoms in total. The molecule has 32 heavy (non-hydrogen) atoms. The number of nitrogens with zero attached hydrogens (tertiary/aromatic N) is 3. The lowest BCUT2D eigenvalue weighted by Crippen LogP contribution is -2.47. The summed E-state index contributed by atoms with van der Waals surface area (Å²) in [6, 6.07) is 13.7. The lowest BCUT2D eigenvalue weighted by molar-refractivity contribution is 0.222. The number of rotatable bonds is 7. The number of sulfonamides is 1. The van der Waals surface area contributed by atoms with E-state index in [4.69, 9.17) is 0 Å². The molecule has 0 aliphatic carbocycles. The summed E-state index contributed by atoms with van der Waals surface area (Å²) in [5, 5.41) is 6.31. The topological polar surface area (TPSA) is 77.0 Å². The van der Waals surface area contributed by atoms with Crippen LogP contribution in [0.5, 0.6) is 0 Å². The summed E-state index contributed by atoms with van der Waals surface area (Å²) in [5.74, 6) is 0.304. The fourth-order valence-corrected chi connectivity index (χ4v) is 5.13. The van der Waals surface area contributed by atoms with Crippen LogP contribution < -0.4 is 10.6 Å². The molecule has 2 aromatic rings. The summed E-state index contributed by atoms with van der Waals surface area (Å²) in [4.78, 5) is 6.62. The minimum absolute atomic E-state index is 0. The van der Waals surface area contributed by atoms with Crippen molar-refractivity contribution < 1.29 is 12.8 Å². The van der Waals surface area contributed by atoms with Crippen molar-refractivity contribution >= 4 is 40.0 Å². The van der Waals surface area contributed by atoms with Gasteiger partial charge < -0.3 is 15.5 Å². The van der Waals surface area contributed by atoms with Gasteiger partial charge in [-0.1, -0.05) is 36.4 Å². The van der Waals surface area contributed by atoms with Crippen molar-refractivity contribution in [2.24, 2.45) is 4.99 Å². The van der Waals surface area contributed by atoms with E-state index in [-0.39, 0.29) is 29.8 Å². The molecule has 10 heteroatoms. The minimum atomic E-state index is -3.56. The Balaban J connectivity index is 0.00000363. The molecule has 1 fully saturated rings. The molecule has 0 unspecified atom stereocenters. The van der Waals surface area contributed by atoms with Gasteiger partial charge in [-0.3, -0.25) is 4.99 Å². The number of aliphatic imine (C=N–C) groups is 1. The van der Waals surface area contributed by atoms with Gasteiger partial charge in [-0.15, -0.1) is 24.0 Å². The van der Waals surface area contributed by atoms with Crippen LogP contribution in [0, 0.1) is 5.82 Å². The minimum Gasteiger partial charge on any atom is -0.356 e. The molecule has 0 spiro atoms. The van der Waals surface area contributed by atoms with Crippen molar-refractivity contribution in [1.82, 2.24) is 19.8 Å². The van der Waals surface area contributed by atoms with Crippen LogP contribution in [-0.4, -0.2) is 70.4 Å². The van der Waals surface area contributed by atoms with Gasteiger partial charge in [-0.25, -0.2) is 12.8 Å². The standard InChI is InChI=1S/C22H30FN5O2S.HI/c1-24-22(25-12-11-18-7-3-5-9-20(18)23)26-17-19-8-4-6-10-21(19)31(29,30)28-15-13-27(2)14-16-28;/h3-10H,11-17H2,1-2H3,(H2,24,25,26);1H. The Labute approximate surface area is 207 Å². The molecule has 0 bridgehead atoms. The Kier molecular flexibility index (Phi) is 10.3. The van der Waals surface area contributed by atoms with E-state index in [1.54, 1.807) is 35.6 Å². The van der Waals surface area contributed by atoms with E-state index >= 15 is 0 Å². The zero-order valence-corrected chi connectivity index (χ0v) is 21.6. The first kappa shape index (κ1) is 26.5. The first-order valence-electron chi connectivity index (χ1n) is 10.4. The van der Waals surface area contributed by atoms with Crippen LogP contribution in [-0.2, 0) is 23.0 Å². The number of guanidine groups is 1. The third kappa shape index (κ3) is 6.87. The fraction of sp³-hybridized carbons (Fsp3) is 0.409. The number of piperazine rings is 1. The molecule has 0 saturated carbocycles. The smallest absolute Gasteiger partial charge is 0.243 e. The van der Waals surface area contributed by atoms with Crippen LogP contribution >= 0.6 is 24.0 Å². The molecule has 3 rings (SSSR count). The third-order valence-corrected chi connectivity index (χ3v) is 7.37. The SMILES string of the molecule is CN=C(NCCc1ccccc1F)NCc1ccccc1S(=O)(=O)N1CCN(C)CC1.I. The molecule has 1 aliphatic rings. The maximum atomic E-state index is 13.8. The summed E-state index contributed by atoms with van der Waals surface area (Å²) in [7, 11) is 0.0731. The third-order valence-electron chi connectivity index (χ3n) is 5.37. The molecular weight excluding hydrogens is 544 g/mol. The highest BCUT2D eigenvalue weighted by atomic mass is 127. The maximum Gasteiger partial charge on any atom is 0.243 e. The van der Waals surface area contributed by atoms with Crippen molar-refractivity contribution in [3.8, 4) is 0 Å². The zero-order chi connectivity index (χ0) is 22.3. The average Bonchev–Trinajstić information content (AvgIpc) is 2.78. The summed E-state index contributed by atoms with van der Waals surface area (Å²) < 4.78 is 41.7. The zero-order valence-electron chi connectivity index (χ0n) is 18.4. The van der Waals surface area contributed by atoms with Crippen LogP contribution in [0.2, 0.25) is 0 Å². The van der Waals surface area contributed by atoms with Gasteiger partial charge in [-0.2, -0.15) is 4.31 Å². The van der Waals surface area contributed by atoms with Gasteiger partial charge in [0.25, 0.3) is 0 Å². The number of nitrogens with one attached hydrogen (secondary N) is 2. The Hall–Kier alpha value is -1.76. The van der Waals surface area contributed by atoms with E-state index in [2.05, 4.69) is 20.5 Å². The van der Waals surface area contributed by atoms with Gasteiger partial charge in [0, 0.05) is 46.3 Å². The van der Waals surface area contributed by atoms with Crippen LogP contribution in [0.4, 0.5) is 4.39 Å². The summed E-state index contributed by atoms with van der Waals surface area (Å²) >= 11 is 0. The lowest BCUT2D eigenvalue weighted by Gasteiger charge is -2.32. The normalized spacial score (nSPS) is 15.8. The van der Waals surface area contributed by atoms with Gasteiger partial charge in [0.1, 0.15) is 5.82 Å². The molecule has 0 radical (unpaired) electrons. The van der Waals surface area contributed by atoms with E-state index < -0.39 is 10.0 Å². The van der Waals surface area contributed by atoms with E-state index in [0.29, 0.717) is 54.6 Å². The quantitative estimate of drug-likeness (QED) is 0.301. The molecule has 0 aromatic heterocycles. The second-order valence-corrected chi connectivity index (χ2v) is 9.42. The van der Waals surface area contributed by atoms with Crippen molar-refractivity contribution in [3.05, 3.63) is 65.5 Å². The maximum absolute atomic E-state index is 13.8. The number of halogens is 2. The Morgan fingerprint density at radius 2 is 1.62 bits per heavy atom. The highest BCUT2D eigenvalue weighted by Gasteiger charge is 2.29. The van der Waals surface area contributed by atoms with Crippen LogP contribution in [0.3, 0.4) is 0 Å². The van der Waals surface area contributed by atoms with Crippen molar-refractivity contribution in [1.29, 1.82) is 0 Å². The van der Waals surface area contributed by atoms with Gasteiger partial charge in [0.15, 0.2) is 5.96 Å². The van der Waals surface area contributed by atoms with Crippen LogP contribution in [0.1, 0.15) is 11.1 Å². The van der Waals surface area contributed by atoms with Crippen molar-refractivity contribution in [2.75, 3.05) is 46.8 Å². The first-order chi connectivity index (χ1) is 14.9. The largest absolute Gasteiger partial charge is 0.356 e. The highest BCUT2D eigenvalue weighted by molar-refractivity contribution is 14.0. The Bertz CT molecular complexity index is 1010. The second kappa shape index (κ2) is 12.5. The number of benzene rings is 2. The molecule has 176 valence electrons. The highest BCUT2D eigenvalue weighted by Crippen LogP contribution is 2.21. The molecule has 0 atom stereocenters. The van der Waals surface area contributed by atoms with Crippen molar-refractivity contribution in [3.63, 3.8) is 0 Å².